The third-order valence-electron chi connectivity index (χ3n) is 3.27. The van der Waals surface area contributed by atoms with Crippen molar-refractivity contribution in [3.63, 3.8) is 0 Å². The summed E-state index contributed by atoms with van der Waals surface area (Å²) in [6, 6.07) is 0. The van der Waals surface area contributed by atoms with Crippen LogP contribution in [0.4, 0.5) is 0 Å². The molecule has 2 heterocycles. The van der Waals surface area contributed by atoms with Crippen LogP contribution in [0.3, 0.4) is 0 Å². The summed E-state index contributed by atoms with van der Waals surface area (Å²) in [5.41, 5.74) is 1.18. The zero-order valence-corrected chi connectivity index (χ0v) is 15.3. The Labute approximate surface area is 145 Å². The van der Waals surface area contributed by atoms with Gasteiger partial charge in [-0.1, -0.05) is 26.7 Å². The van der Waals surface area contributed by atoms with Crippen LogP contribution in [0.1, 0.15) is 39.5 Å². The Morgan fingerprint density at radius 1 is 1.20 bits per heavy atom. The predicted octanol–water partition coefficient (Wildman–Crippen LogP) is 2.47. The molecule has 0 saturated carbocycles. The van der Waals surface area contributed by atoms with Crippen LogP contribution in [0.15, 0.2) is 11.1 Å². The van der Waals surface area contributed by atoms with Crippen molar-refractivity contribution in [1.82, 2.24) is 19.1 Å². The second-order valence-electron chi connectivity index (χ2n) is 4.70. The van der Waals surface area contributed by atoms with Gasteiger partial charge in [0.1, 0.15) is 5.52 Å². The first-order chi connectivity index (χ1) is 9.20. The monoisotopic (exact) mass is 303 g/mol. The molecular formula is C13H20N4NaOS. The third-order valence-corrected chi connectivity index (χ3v) is 3.71. The number of nitrogens with zero attached hydrogens (tertiary/aromatic N) is 3. The molecule has 0 bridgehead atoms. The van der Waals surface area contributed by atoms with E-state index >= 15 is 0 Å². The standard InChI is InChI=1S/C13H20N4OS.Na/c1-3-5-7-16-11-10(14-9-15-11)12(18)17(13(16)19)8-6-4-2;/h9H,3-8H2,1-2H3,(H,14,15);. The molecule has 1 radical (unpaired) electrons. The first-order valence-electron chi connectivity index (χ1n) is 6.87. The Morgan fingerprint density at radius 2 is 1.80 bits per heavy atom. The van der Waals surface area contributed by atoms with Crippen LogP contribution in [0.25, 0.3) is 11.2 Å². The minimum atomic E-state index is -0.0568. The molecule has 5 nitrogen and oxygen atoms in total. The predicted molar refractivity (Wildman–Crippen MR) is 84.7 cm³/mol. The summed E-state index contributed by atoms with van der Waals surface area (Å²) in [5.74, 6) is 0. The molecule has 0 aliphatic rings. The molecule has 0 aliphatic carbocycles. The van der Waals surface area contributed by atoms with Gasteiger partial charge in [-0.25, -0.2) is 4.98 Å². The van der Waals surface area contributed by atoms with Gasteiger partial charge in [-0.15, -0.1) is 0 Å². The van der Waals surface area contributed by atoms with Crippen molar-refractivity contribution in [2.24, 2.45) is 0 Å². The molecule has 0 amide bonds. The fraction of sp³-hybridized carbons (Fsp3) is 0.615. The maximum Gasteiger partial charge on any atom is 0.280 e. The summed E-state index contributed by atoms with van der Waals surface area (Å²) >= 11 is 5.47. The van der Waals surface area contributed by atoms with Crippen molar-refractivity contribution in [2.75, 3.05) is 0 Å². The normalized spacial score (nSPS) is 10.7. The number of aromatic amines is 1. The Balaban J connectivity index is 0.00000200. The average Bonchev–Trinajstić information content (AvgIpc) is 2.88. The van der Waals surface area contributed by atoms with E-state index < -0.39 is 0 Å². The maximum atomic E-state index is 12.4. The Bertz CT molecular complexity index is 673. The minimum absolute atomic E-state index is 0. The molecule has 7 heteroatoms. The molecule has 105 valence electrons. The largest absolute Gasteiger partial charge is 0.339 e. The van der Waals surface area contributed by atoms with Crippen molar-refractivity contribution in [2.45, 2.75) is 52.6 Å². The molecule has 0 spiro atoms. The molecule has 2 aromatic rings. The minimum Gasteiger partial charge on any atom is -0.339 e. The van der Waals surface area contributed by atoms with E-state index in [1.54, 1.807) is 10.9 Å². The molecule has 2 rings (SSSR count). The summed E-state index contributed by atoms with van der Waals surface area (Å²) < 4.78 is 4.25. The number of fused-ring (bicyclic) bond motifs is 1. The number of unbranched alkanes of at least 4 members (excludes halogenated alkanes) is 2. The van der Waals surface area contributed by atoms with Crippen molar-refractivity contribution in [3.8, 4) is 0 Å². The van der Waals surface area contributed by atoms with Gasteiger partial charge in [0, 0.05) is 42.6 Å². The van der Waals surface area contributed by atoms with Crippen LogP contribution < -0.4 is 5.56 Å². The van der Waals surface area contributed by atoms with Crippen LogP contribution in [0.5, 0.6) is 0 Å². The smallest absolute Gasteiger partial charge is 0.280 e. The van der Waals surface area contributed by atoms with E-state index in [2.05, 4.69) is 23.8 Å². The number of aromatic nitrogens is 4. The number of H-pyrrole nitrogens is 1. The number of hydrogen-bond acceptors (Lipinski definition) is 3. The van der Waals surface area contributed by atoms with Gasteiger partial charge >= 0.3 is 0 Å². The third kappa shape index (κ3) is 3.42. The van der Waals surface area contributed by atoms with E-state index in [1.807, 2.05) is 4.57 Å². The molecule has 20 heavy (non-hydrogen) atoms. The molecular weight excluding hydrogens is 283 g/mol. The number of hydrogen-bond donors (Lipinski definition) is 1. The van der Waals surface area contributed by atoms with Crippen molar-refractivity contribution in [3.05, 3.63) is 21.5 Å². The molecule has 0 aromatic carbocycles. The van der Waals surface area contributed by atoms with E-state index in [4.69, 9.17) is 12.2 Å². The van der Waals surface area contributed by atoms with Gasteiger partial charge < -0.3 is 9.55 Å². The van der Waals surface area contributed by atoms with Crippen molar-refractivity contribution in [1.29, 1.82) is 0 Å². The van der Waals surface area contributed by atoms with Crippen LogP contribution >= 0.6 is 12.2 Å². The van der Waals surface area contributed by atoms with E-state index in [0.29, 0.717) is 22.5 Å². The van der Waals surface area contributed by atoms with Crippen LogP contribution in [-0.4, -0.2) is 48.7 Å². The summed E-state index contributed by atoms with van der Waals surface area (Å²) in [5, 5.41) is 0. The molecule has 2 aromatic heterocycles. The van der Waals surface area contributed by atoms with Crippen molar-refractivity contribution >= 4 is 52.9 Å². The number of rotatable bonds is 6. The molecule has 1 N–H and O–H groups in total. The summed E-state index contributed by atoms with van der Waals surface area (Å²) in [7, 11) is 0. The zero-order valence-electron chi connectivity index (χ0n) is 12.5. The van der Waals surface area contributed by atoms with Gasteiger partial charge in [-0.3, -0.25) is 9.36 Å². The first kappa shape index (κ1) is 17.6. The molecule has 0 saturated heterocycles. The average molecular weight is 303 g/mol. The van der Waals surface area contributed by atoms with Crippen LogP contribution in [0, 0.1) is 4.77 Å². The summed E-state index contributed by atoms with van der Waals surface area (Å²) in [4.78, 5) is 19.5. The number of imidazole rings is 1. The molecule has 0 aliphatic heterocycles. The fourth-order valence-electron chi connectivity index (χ4n) is 2.14. The molecule has 0 atom stereocenters. The fourth-order valence-corrected chi connectivity index (χ4v) is 2.49. The van der Waals surface area contributed by atoms with Crippen LogP contribution in [0.2, 0.25) is 0 Å². The zero-order chi connectivity index (χ0) is 13.8. The van der Waals surface area contributed by atoms with Gasteiger partial charge in [0.2, 0.25) is 0 Å². The second kappa shape index (κ2) is 8.12. The Kier molecular flexibility index (Phi) is 7.15. The van der Waals surface area contributed by atoms with E-state index in [0.717, 1.165) is 32.2 Å². The number of aryl methyl sites for hydroxylation is 1. The second-order valence-corrected chi connectivity index (χ2v) is 5.06. The van der Waals surface area contributed by atoms with E-state index in [1.165, 1.54) is 0 Å². The van der Waals surface area contributed by atoms with E-state index in [-0.39, 0.29) is 35.1 Å². The Hall–Kier alpha value is -0.430. The van der Waals surface area contributed by atoms with Crippen LogP contribution in [-0.2, 0) is 13.1 Å². The number of nitrogens with one attached hydrogen (secondary N) is 1. The van der Waals surface area contributed by atoms with Gasteiger partial charge in [-0.05, 0) is 25.1 Å². The van der Waals surface area contributed by atoms with Gasteiger partial charge in [0.15, 0.2) is 10.4 Å². The Morgan fingerprint density at radius 3 is 2.40 bits per heavy atom. The van der Waals surface area contributed by atoms with Gasteiger partial charge in [0.05, 0.1) is 6.33 Å². The molecule has 0 unspecified atom stereocenters. The summed E-state index contributed by atoms with van der Waals surface area (Å²) in [6.45, 7) is 5.73. The SMILES string of the molecule is CCCCn1c(=O)c2[nH]cnc2n(CCCC)c1=S.[Na]. The molecule has 0 fully saturated rings. The maximum absolute atomic E-state index is 12.4. The van der Waals surface area contributed by atoms with Gasteiger partial charge in [-0.2, -0.15) is 0 Å². The van der Waals surface area contributed by atoms with E-state index in [9.17, 15) is 4.79 Å². The topological polar surface area (TPSA) is 55.6 Å². The quantitative estimate of drug-likeness (QED) is 0.659. The summed E-state index contributed by atoms with van der Waals surface area (Å²) in [6.07, 6.45) is 5.67. The first-order valence-corrected chi connectivity index (χ1v) is 7.28. The van der Waals surface area contributed by atoms with Gasteiger partial charge in [0.25, 0.3) is 5.56 Å². The van der Waals surface area contributed by atoms with Crippen molar-refractivity contribution < 1.29 is 0 Å².